The fourth-order valence-corrected chi connectivity index (χ4v) is 3.26. The Balaban J connectivity index is 2.24. The van der Waals surface area contributed by atoms with Crippen molar-refractivity contribution in [1.82, 2.24) is 10.3 Å². The topological polar surface area (TPSA) is 24.9 Å². The average Bonchev–Trinajstić information content (AvgIpc) is 2.83. The summed E-state index contributed by atoms with van der Waals surface area (Å²) in [7, 11) is 0. The van der Waals surface area contributed by atoms with E-state index in [0.29, 0.717) is 12.0 Å². The Kier molecular flexibility index (Phi) is 5.69. The van der Waals surface area contributed by atoms with Gasteiger partial charge in [0.2, 0.25) is 0 Å². The maximum atomic E-state index is 14.1. The van der Waals surface area contributed by atoms with Gasteiger partial charge in [-0.1, -0.05) is 22.9 Å². The highest BCUT2D eigenvalue weighted by molar-refractivity contribution is 9.10. The standard InChI is InChI=1S/C15H18BrFN2S/c1-3-6-18-14(8-15-19-10(2)9-20-15)12-7-11(16)4-5-13(12)17/h4-5,7,9,14,18H,3,6,8H2,1-2H3. The van der Waals surface area contributed by atoms with Gasteiger partial charge in [0.05, 0.1) is 5.01 Å². The first-order chi connectivity index (χ1) is 9.60. The highest BCUT2D eigenvalue weighted by Crippen LogP contribution is 2.26. The number of nitrogens with zero attached hydrogens (tertiary/aromatic N) is 1. The third kappa shape index (κ3) is 4.11. The molecule has 0 fully saturated rings. The summed E-state index contributed by atoms with van der Waals surface area (Å²) in [5.41, 5.74) is 1.72. The van der Waals surface area contributed by atoms with E-state index in [1.165, 1.54) is 6.07 Å². The van der Waals surface area contributed by atoms with Gasteiger partial charge in [-0.2, -0.15) is 0 Å². The maximum Gasteiger partial charge on any atom is 0.128 e. The van der Waals surface area contributed by atoms with E-state index in [1.54, 1.807) is 17.4 Å². The molecule has 2 aromatic rings. The van der Waals surface area contributed by atoms with Crippen LogP contribution >= 0.6 is 27.3 Å². The summed E-state index contributed by atoms with van der Waals surface area (Å²) in [5, 5.41) is 6.49. The second-order valence-corrected chi connectivity index (χ2v) is 6.62. The number of hydrogen-bond donors (Lipinski definition) is 1. The van der Waals surface area contributed by atoms with Crippen molar-refractivity contribution >= 4 is 27.3 Å². The molecule has 0 saturated carbocycles. The molecule has 0 radical (unpaired) electrons. The molecule has 0 aliphatic carbocycles. The van der Waals surface area contributed by atoms with Gasteiger partial charge in [0, 0.05) is 33.6 Å². The van der Waals surface area contributed by atoms with Crippen LogP contribution in [0.15, 0.2) is 28.1 Å². The van der Waals surface area contributed by atoms with Gasteiger partial charge in [-0.25, -0.2) is 9.37 Å². The molecule has 1 atom stereocenters. The van der Waals surface area contributed by atoms with Crippen LogP contribution in [0.1, 0.15) is 35.7 Å². The predicted octanol–water partition coefficient (Wildman–Crippen LogP) is 4.64. The van der Waals surface area contributed by atoms with Crippen molar-refractivity contribution in [2.45, 2.75) is 32.7 Å². The lowest BCUT2D eigenvalue weighted by Gasteiger charge is -2.19. The number of halogens is 2. The SMILES string of the molecule is CCCNC(Cc1nc(C)cs1)c1cc(Br)ccc1F. The van der Waals surface area contributed by atoms with Crippen molar-refractivity contribution in [2.75, 3.05) is 6.54 Å². The number of hydrogen-bond acceptors (Lipinski definition) is 3. The Labute approximate surface area is 131 Å². The van der Waals surface area contributed by atoms with Crippen LogP contribution in [0.3, 0.4) is 0 Å². The van der Waals surface area contributed by atoms with Crippen LogP contribution in [0.5, 0.6) is 0 Å². The van der Waals surface area contributed by atoms with Crippen molar-refractivity contribution < 1.29 is 4.39 Å². The summed E-state index contributed by atoms with van der Waals surface area (Å²) in [6.07, 6.45) is 1.73. The van der Waals surface area contributed by atoms with Gasteiger partial charge in [-0.05, 0) is 38.1 Å². The van der Waals surface area contributed by atoms with Crippen molar-refractivity contribution in [2.24, 2.45) is 0 Å². The summed E-state index contributed by atoms with van der Waals surface area (Å²) in [4.78, 5) is 4.48. The fourth-order valence-electron chi connectivity index (χ4n) is 2.06. The van der Waals surface area contributed by atoms with E-state index in [1.807, 2.05) is 18.4 Å². The van der Waals surface area contributed by atoms with Crippen molar-refractivity contribution in [3.05, 3.63) is 50.1 Å². The molecule has 1 heterocycles. The van der Waals surface area contributed by atoms with Crippen molar-refractivity contribution in [3.63, 3.8) is 0 Å². The summed E-state index contributed by atoms with van der Waals surface area (Å²) >= 11 is 5.05. The largest absolute Gasteiger partial charge is 0.309 e. The van der Waals surface area contributed by atoms with E-state index in [-0.39, 0.29) is 11.9 Å². The third-order valence-corrected chi connectivity index (χ3v) is 4.50. The average molecular weight is 357 g/mol. The van der Waals surface area contributed by atoms with Crippen LogP contribution in [0.2, 0.25) is 0 Å². The quantitative estimate of drug-likeness (QED) is 0.815. The summed E-state index contributed by atoms with van der Waals surface area (Å²) in [6, 6.07) is 5.04. The molecule has 1 N–H and O–H groups in total. The first kappa shape index (κ1) is 15.6. The van der Waals surface area contributed by atoms with Gasteiger partial charge < -0.3 is 5.32 Å². The van der Waals surface area contributed by atoms with Gasteiger partial charge in [-0.3, -0.25) is 0 Å². The Hall–Kier alpha value is -0.780. The zero-order valence-corrected chi connectivity index (χ0v) is 14.0. The predicted molar refractivity (Wildman–Crippen MR) is 85.7 cm³/mol. The molecule has 0 bridgehead atoms. The van der Waals surface area contributed by atoms with Crippen molar-refractivity contribution in [3.8, 4) is 0 Å². The zero-order valence-electron chi connectivity index (χ0n) is 11.6. The van der Waals surface area contributed by atoms with E-state index in [4.69, 9.17) is 0 Å². The highest BCUT2D eigenvalue weighted by atomic mass is 79.9. The molecule has 0 aliphatic heterocycles. The van der Waals surface area contributed by atoms with Gasteiger partial charge in [0.25, 0.3) is 0 Å². The number of thiazole rings is 1. The molecule has 0 amide bonds. The molecule has 1 aromatic carbocycles. The van der Waals surface area contributed by atoms with E-state index < -0.39 is 0 Å². The molecule has 20 heavy (non-hydrogen) atoms. The normalized spacial score (nSPS) is 12.6. The van der Waals surface area contributed by atoms with Crippen LogP contribution in [0.25, 0.3) is 0 Å². The number of aromatic nitrogens is 1. The lowest BCUT2D eigenvalue weighted by atomic mass is 10.0. The minimum absolute atomic E-state index is 0.0435. The molecule has 5 heteroatoms. The molecule has 2 rings (SSSR count). The minimum Gasteiger partial charge on any atom is -0.309 e. The molecule has 1 aromatic heterocycles. The Bertz CT molecular complexity index is 571. The lowest BCUT2D eigenvalue weighted by molar-refractivity contribution is 0.496. The molecule has 0 spiro atoms. The van der Waals surface area contributed by atoms with Gasteiger partial charge in [0.1, 0.15) is 5.82 Å². The van der Waals surface area contributed by atoms with Crippen LogP contribution in [0, 0.1) is 12.7 Å². The third-order valence-electron chi connectivity index (χ3n) is 3.02. The first-order valence-electron chi connectivity index (χ1n) is 6.69. The fraction of sp³-hybridized carbons (Fsp3) is 0.400. The molecule has 1 unspecified atom stereocenters. The van der Waals surface area contributed by atoms with Gasteiger partial charge in [-0.15, -0.1) is 11.3 Å². The lowest BCUT2D eigenvalue weighted by Crippen LogP contribution is -2.25. The first-order valence-corrected chi connectivity index (χ1v) is 8.36. The maximum absolute atomic E-state index is 14.1. The zero-order chi connectivity index (χ0) is 14.5. The summed E-state index contributed by atoms with van der Waals surface area (Å²) < 4.78 is 15.0. The number of aryl methyl sites for hydroxylation is 1. The second kappa shape index (κ2) is 7.29. The monoisotopic (exact) mass is 356 g/mol. The van der Waals surface area contributed by atoms with Crippen LogP contribution in [-0.4, -0.2) is 11.5 Å². The van der Waals surface area contributed by atoms with E-state index in [0.717, 1.165) is 28.1 Å². The molecular formula is C15H18BrFN2S. The van der Waals surface area contributed by atoms with Crippen LogP contribution in [0.4, 0.5) is 4.39 Å². The minimum atomic E-state index is -0.171. The molecule has 0 saturated heterocycles. The van der Waals surface area contributed by atoms with E-state index in [9.17, 15) is 4.39 Å². The smallest absolute Gasteiger partial charge is 0.128 e. The summed E-state index contributed by atoms with van der Waals surface area (Å²) in [6.45, 7) is 4.95. The van der Waals surface area contributed by atoms with Gasteiger partial charge in [0.15, 0.2) is 0 Å². The second-order valence-electron chi connectivity index (χ2n) is 4.76. The summed E-state index contributed by atoms with van der Waals surface area (Å²) in [5.74, 6) is -0.171. The molecule has 108 valence electrons. The highest BCUT2D eigenvalue weighted by Gasteiger charge is 2.17. The Morgan fingerprint density at radius 3 is 2.90 bits per heavy atom. The Morgan fingerprint density at radius 2 is 2.25 bits per heavy atom. The Morgan fingerprint density at radius 1 is 1.45 bits per heavy atom. The van der Waals surface area contributed by atoms with Gasteiger partial charge >= 0.3 is 0 Å². The van der Waals surface area contributed by atoms with E-state index >= 15 is 0 Å². The molecule has 2 nitrogen and oxygen atoms in total. The number of rotatable bonds is 6. The number of benzene rings is 1. The molecule has 0 aliphatic rings. The van der Waals surface area contributed by atoms with Crippen molar-refractivity contribution in [1.29, 1.82) is 0 Å². The number of nitrogens with one attached hydrogen (secondary N) is 1. The molecular weight excluding hydrogens is 339 g/mol. The van der Waals surface area contributed by atoms with E-state index in [2.05, 4.69) is 33.2 Å². The van der Waals surface area contributed by atoms with Crippen LogP contribution < -0.4 is 5.32 Å². The van der Waals surface area contributed by atoms with Crippen LogP contribution in [-0.2, 0) is 6.42 Å².